The monoisotopic (exact) mass is 296 g/mol. The second kappa shape index (κ2) is 8.98. The van der Waals surface area contributed by atoms with Crippen molar-refractivity contribution >= 4 is 18.3 Å². The lowest BCUT2D eigenvalue weighted by molar-refractivity contribution is -0.132. The minimum absolute atomic E-state index is 0. The molecule has 3 nitrogen and oxygen atoms in total. The summed E-state index contributed by atoms with van der Waals surface area (Å²) in [4.78, 5) is 14.3. The maximum Gasteiger partial charge on any atom is 0.239 e. The standard InChI is InChI=1S/C16H24N2O.ClH/c17-15(13-14-9-5-4-6-10-14)16(19)18-11-7-2-1-3-8-12-18;/h4-6,9-10,15H,1-3,7-8,11-13,17H2;1H/t15-;/m0./s1. The van der Waals surface area contributed by atoms with E-state index in [1.165, 1.54) is 19.3 Å². The third-order valence-electron chi connectivity index (χ3n) is 3.78. The summed E-state index contributed by atoms with van der Waals surface area (Å²) in [5, 5.41) is 0. The number of nitrogens with two attached hydrogens (primary N) is 1. The predicted molar refractivity (Wildman–Crippen MR) is 85.0 cm³/mol. The van der Waals surface area contributed by atoms with Crippen molar-refractivity contribution in [1.29, 1.82) is 0 Å². The van der Waals surface area contributed by atoms with Crippen LogP contribution in [0.25, 0.3) is 0 Å². The summed E-state index contributed by atoms with van der Waals surface area (Å²) in [5.74, 6) is 0.116. The van der Waals surface area contributed by atoms with Crippen molar-refractivity contribution in [3.63, 3.8) is 0 Å². The number of hydrogen-bond acceptors (Lipinski definition) is 2. The minimum Gasteiger partial charge on any atom is -0.341 e. The van der Waals surface area contributed by atoms with E-state index in [2.05, 4.69) is 0 Å². The molecule has 1 fully saturated rings. The van der Waals surface area contributed by atoms with E-state index in [-0.39, 0.29) is 18.3 Å². The molecule has 1 amide bonds. The Morgan fingerprint density at radius 2 is 1.60 bits per heavy atom. The molecule has 2 rings (SSSR count). The Morgan fingerprint density at radius 1 is 1.05 bits per heavy atom. The molecule has 0 spiro atoms. The highest BCUT2D eigenvalue weighted by atomic mass is 35.5. The van der Waals surface area contributed by atoms with E-state index < -0.39 is 6.04 Å². The number of rotatable bonds is 3. The summed E-state index contributed by atoms with van der Waals surface area (Å²) >= 11 is 0. The van der Waals surface area contributed by atoms with Gasteiger partial charge >= 0.3 is 0 Å². The average molecular weight is 297 g/mol. The molecule has 0 saturated carbocycles. The highest BCUT2D eigenvalue weighted by molar-refractivity contribution is 5.85. The van der Waals surface area contributed by atoms with Crippen LogP contribution in [0.15, 0.2) is 30.3 Å². The lowest BCUT2D eigenvalue weighted by Crippen LogP contribution is -2.46. The third-order valence-corrected chi connectivity index (χ3v) is 3.78. The minimum atomic E-state index is -0.401. The van der Waals surface area contributed by atoms with E-state index in [0.717, 1.165) is 31.5 Å². The molecule has 0 bridgehead atoms. The van der Waals surface area contributed by atoms with Gasteiger partial charge in [0.25, 0.3) is 0 Å². The fraction of sp³-hybridized carbons (Fsp3) is 0.562. The van der Waals surface area contributed by atoms with Crippen molar-refractivity contribution in [1.82, 2.24) is 4.90 Å². The molecule has 1 aliphatic heterocycles. The number of nitrogens with zero attached hydrogens (tertiary/aromatic N) is 1. The number of amides is 1. The predicted octanol–water partition coefficient (Wildman–Crippen LogP) is 2.77. The molecule has 2 N–H and O–H groups in total. The summed E-state index contributed by atoms with van der Waals surface area (Å²) in [6.07, 6.45) is 6.64. The van der Waals surface area contributed by atoms with Gasteiger partial charge in [-0.15, -0.1) is 12.4 Å². The van der Waals surface area contributed by atoms with Crippen LogP contribution in [0, 0.1) is 0 Å². The zero-order chi connectivity index (χ0) is 13.5. The van der Waals surface area contributed by atoms with Crippen molar-refractivity contribution in [2.75, 3.05) is 13.1 Å². The molecule has 1 atom stereocenters. The number of halogens is 1. The molecule has 1 aromatic rings. The van der Waals surface area contributed by atoms with Gasteiger partial charge in [-0.05, 0) is 24.8 Å². The number of likely N-dealkylation sites (tertiary alicyclic amines) is 1. The first-order chi connectivity index (χ1) is 9.27. The van der Waals surface area contributed by atoms with Gasteiger partial charge in [0.15, 0.2) is 0 Å². The summed E-state index contributed by atoms with van der Waals surface area (Å²) < 4.78 is 0. The van der Waals surface area contributed by atoms with Crippen LogP contribution in [-0.2, 0) is 11.2 Å². The molecule has 0 aliphatic carbocycles. The SMILES string of the molecule is Cl.N[C@@H](Cc1ccccc1)C(=O)N1CCCCCCC1. The van der Waals surface area contributed by atoms with E-state index >= 15 is 0 Å². The molecule has 0 aromatic heterocycles. The Kier molecular flexibility index (Phi) is 7.63. The highest BCUT2D eigenvalue weighted by Gasteiger charge is 2.21. The van der Waals surface area contributed by atoms with Crippen molar-refractivity contribution in [2.24, 2.45) is 5.73 Å². The van der Waals surface area contributed by atoms with Gasteiger partial charge < -0.3 is 10.6 Å². The van der Waals surface area contributed by atoms with Crippen LogP contribution in [0.2, 0.25) is 0 Å². The molecule has 1 aromatic carbocycles. The number of benzene rings is 1. The van der Waals surface area contributed by atoms with Crippen LogP contribution in [0.1, 0.15) is 37.7 Å². The number of carbonyl (C=O) groups is 1. The Labute approximate surface area is 127 Å². The fourth-order valence-corrected chi connectivity index (χ4v) is 2.66. The molecule has 0 unspecified atom stereocenters. The Bertz CT molecular complexity index is 389. The summed E-state index contributed by atoms with van der Waals surface area (Å²) in [6.45, 7) is 1.75. The smallest absolute Gasteiger partial charge is 0.239 e. The number of hydrogen-bond donors (Lipinski definition) is 1. The van der Waals surface area contributed by atoms with Gasteiger partial charge in [0.1, 0.15) is 0 Å². The topological polar surface area (TPSA) is 46.3 Å². The first-order valence-electron chi connectivity index (χ1n) is 7.35. The average Bonchev–Trinajstić information content (AvgIpc) is 2.39. The summed E-state index contributed by atoms with van der Waals surface area (Å²) in [6, 6.07) is 9.61. The lowest BCUT2D eigenvalue weighted by Gasteiger charge is -2.27. The quantitative estimate of drug-likeness (QED) is 0.932. The normalized spacial score (nSPS) is 17.6. The van der Waals surface area contributed by atoms with Crippen molar-refractivity contribution < 1.29 is 4.79 Å². The maximum absolute atomic E-state index is 12.4. The van der Waals surface area contributed by atoms with Crippen molar-refractivity contribution in [2.45, 2.75) is 44.6 Å². The van der Waals surface area contributed by atoms with Crippen LogP contribution in [-0.4, -0.2) is 29.9 Å². The summed E-state index contributed by atoms with van der Waals surface area (Å²) in [7, 11) is 0. The second-order valence-corrected chi connectivity index (χ2v) is 5.39. The Hall–Kier alpha value is -1.06. The van der Waals surface area contributed by atoms with Crippen LogP contribution in [0.5, 0.6) is 0 Å². The third kappa shape index (κ3) is 5.14. The molecular formula is C16H25ClN2O. The van der Waals surface area contributed by atoms with E-state index in [1.54, 1.807) is 0 Å². The molecule has 1 saturated heterocycles. The van der Waals surface area contributed by atoms with Crippen LogP contribution in [0.3, 0.4) is 0 Å². The highest BCUT2D eigenvalue weighted by Crippen LogP contribution is 2.12. The summed E-state index contributed by atoms with van der Waals surface area (Å²) in [5.41, 5.74) is 7.21. The van der Waals surface area contributed by atoms with Gasteiger partial charge in [-0.3, -0.25) is 4.79 Å². The van der Waals surface area contributed by atoms with E-state index in [0.29, 0.717) is 6.42 Å². The van der Waals surface area contributed by atoms with Gasteiger partial charge in [0.05, 0.1) is 6.04 Å². The van der Waals surface area contributed by atoms with Crippen molar-refractivity contribution in [3.05, 3.63) is 35.9 Å². The Morgan fingerprint density at radius 3 is 2.20 bits per heavy atom. The Balaban J connectivity index is 0.00000200. The van der Waals surface area contributed by atoms with Crippen LogP contribution in [0.4, 0.5) is 0 Å². The van der Waals surface area contributed by atoms with Crippen LogP contribution >= 0.6 is 12.4 Å². The maximum atomic E-state index is 12.4. The van der Waals surface area contributed by atoms with Crippen molar-refractivity contribution in [3.8, 4) is 0 Å². The molecule has 1 heterocycles. The zero-order valence-electron chi connectivity index (χ0n) is 12.0. The first kappa shape index (κ1) is 17.0. The fourth-order valence-electron chi connectivity index (χ4n) is 2.66. The van der Waals surface area contributed by atoms with Gasteiger partial charge in [-0.2, -0.15) is 0 Å². The van der Waals surface area contributed by atoms with E-state index in [9.17, 15) is 4.79 Å². The molecule has 1 aliphatic rings. The number of carbonyl (C=O) groups excluding carboxylic acids is 1. The molecule has 4 heteroatoms. The largest absolute Gasteiger partial charge is 0.341 e. The zero-order valence-corrected chi connectivity index (χ0v) is 12.8. The van der Waals surface area contributed by atoms with Gasteiger partial charge in [-0.25, -0.2) is 0 Å². The lowest BCUT2D eigenvalue weighted by atomic mass is 10.0. The molecule has 20 heavy (non-hydrogen) atoms. The molecule has 0 radical (unpaired) electrons. The van der Waals surface area contributed by atoms with Gasteiger partial charge in [0.2, 0.25) is 5.91 Å². The first-order valence-corrected chi connectivity index (χ1v) is 7.35. The molecule has 112 valence electrons. The molecular weight excluding hydrogens is 272 g/mol. The van der Waals surface area contributed by atoms with Gasteiger partial charge in [-0.1, -0.05) is 49.6 Å². The van der Waals surface area contributed by atoms with Gasteiger partial charge in [0, 0.05) is 13.1 Å². The second-order valence-electron chi connectivity index (χ2n) is 5.39. The van der Waals surface area contributed by atoms with E-state index in [1.807, 2.05) is 35.2 Å². The van der Waals surface area contributed by atoms with E-state index in [4.69, 9.17) is 5.73 Å². The van der Waals surface area contributed by atoms with Crippen LogP contribution < -0.4 is 5.73 Å².